The summed E-state index contributed by atoms with van der Waals surface area (Å²) in [5.74, 6) is 0.0647. The summed E-state index contributed by atoms with van der Waals surface area (Å²) in [7, 11) is 0. The monoisotopic (exact) mass is 591 g/mol. The molecule has 8 nitrogen and oxygen atoms in total. The van der Waals surface area contributed by atoms with Gasteiger partial charge in [-0.2, -0.15) is 0 Å². The number of ether oxygens (including phenoxy) is 2. The maximum Gasteiger partial charge on any atom is 0.224 e. The van der Waals surface area contributed by atoms with E-state index in [4.69, 9.17) is 9.47 Å². The van der Waals surface area contributed by atoms with E-state index in [1.807, 2.05) is 54.6 Å². The van der Waals surface area contributed by atoms with E-state index in [1.165, 1.54) is 32.6 Å². The van der Waals surface area contributed by atoms with E-state index >= 15 is 0 Å². The van der Waals surface area contributed by atoms with Crippen LogP contribution in [0.4, 0.5) is 5.69 Å². The van der Waals surface area contributed by atoms with Crippen molar-refractivity contribution in [3.63, 3.8) is 0 Å². The fraction of sp³-hybridized carbons (Fsp3) is 0.543. The molecule has 2 fully saturated rings. The Kier molecular flexibility index (Phi) is 12.8. The van der Waals surface area contributed by atoms with Crippen LogP contribution in [0, 0.1) is 5.92 Å². The van der Waals surface area contributed by atoms with Crippen molar-refractivity contribution < 1.29 is 24.2 Å². The highest BCUT2D eigenvalue weighted by molar-refractivity contribution is 5.90. The van der Waals surface area contributed by atoms with E-state index in [0.29, 0.717) is 19.0 Å². The van der Waals surface area contributed by atoms with Gasteiger partial charge in [0.1, 0.15) is 0 Å². The Morgan fingerprint density at radius 1 is 1.00 bits per heavy atom. The van der Waals surface area contributed by atoms with E-state index in [1.54, 1.807) is 0 Å². The number of hydrogen-bond acceptors (Lipinski definition) is 6. The molecule has 1 aliphatic heterocycles. The van der Waals surface area contributed by atoms with Gasteiger partial charge in [0.05, 0.1) is 18.8 Å². The molecule has 2 aromatic carbocycles. The van der Waals surface area contributed by atoms with Crippen LogP contribution in [-0.2, 0) is 25.7 Å². The van der Waals surface area contributed by atoms with Crippen molar-refractivity contribution in [3.8, 4) is 0 Å². The van der Waals surface area contributed by atoms with Gasteiger partial charge in [-0.1, -0.05) is 68.7 Å². The number of benzene rings is 2. The summed E-state index contributed by atoms with van der Waals surface area (Å²) in [6, 6.07) is 16.3. The number of unbranched alkanes of at least 4 members (excludes halogenated alkanes) is 2. The minimum atomic E-state index is -0.550. The van der Waals surface area contributed by atoms with Crippen LogP contribution >= 0.6 is 0 Å². The first-order valence-electron chi connectivity index (χ1n) is 15.9. The molecule has 0 unspecified atom stereocenters. The molecule has 2 amide bonds. The van der Waals surface area contributed by atoms with Crippen LogP contribution in [0.5, 0.6) is 0 Å². The molecule has 43 heavy (non-hydrogen) atoms. The zero-order valence-corrected chi connectivity index (χ0v) is 25.8. The van der Waals surface area contributed by atoms with E-state index in [-0.39, 0.29) is 36.5 Å². The molecule has 0 spiro atoms. The quantitative estimate of drug-likeness (QED) is 0.173. The van der Waals surface area contributed by atoms with Crippen molar-refractivity contribution in [2.24, 2.45) is 5.92 Å². The number of carbonyl (C=O) groups excluding carboxylic acids is 2. The van der Waals surface area contributed by atoms with E-state index in [2.05, 4.69) is 29.0 Å². The lowest BCUT2D eigenvalue weighted by Crippen LogP contribution is -2.47. The SMILES string of the molecule is C=CCN(C[C@@H]1O[C@H](c2ccc(NC(=O)CCCCCNC(C)=O)cc2)O[C@H](c2ccc(CO)cc2)[C@@H]1C)C1CCCC1. The van der Waals surface area contributed by atoms with Crippen LogP contribution < -0.4 is 10.6 Å². The maximum absolute atomic E-state index is 12.5. The molecule has 2 aliphatic rings. The van der Waals surface area contributed by atoms with Gasteiger partial charge in [-0.05, 0) is 48.9 Å². The van der Waals surface area contributed by atoms with Gasteiger partial charge in [0.15, 0.2) is 6.29 Å². The van der Waals surface area contributed by atoms with Gasteiger partial charge in [-0.15, -0.1) is 6.58 Å². The number of nitrogens with zero attached hydrogens (tertiary/aromatic N) is 1. The third-order valence-electron chi connectivity index (χ3n) is 8.66. The number of nitrogens with one attached hydrogen (secondary N) is 2. The maximum atomic E-state index is 12.5. The summed E-state index contributed by atoms with van der Waals surface area (Å²) in [4.78, 5) is 26.0. The molecule has 2 aromatic rings. The lowest BCUT2D eigenvalue weighted by molar-refractivity contribution is -0.276. The van der Waals surface area contributed by atoms with Crippen molar-refractivity contribution in [3.05, 3.63) is 77.9 Å². The fourth-order valence-electron chi connectivity index (χ4n) is 6.17. The van der Waals surface area contributed by atoms with Gasteiger partial charge in [0.25, 0.3) is 0 Å². The number of rotatable bonds is 15. The zero-order valence-electron chi connectivity index (χ0n) is 25.8. The second kappa shape index (κ2) is 16.7. The first kappa shape index (κ1) is 32.9. The molecular weight excluding hydrogens is 542 g/mol. The molecule has 3 N–H and O–H groups in total. The molecule has 1 saturated carbocycles. The average molecular weight is 592 g/mol. The number of aliphatic hydroxyl groups excluding tert-OH is 1. The summed E-state index contributed by atoms with van der Waals surface area (Å²) >= 11 is 0. The molecule has 4 rings (SSSR count). The van der Waals surface area contributed by atoms with Gasteiger partial charge in [-0.3, -0.25) is 14.5 Å². The average Bonchev–Trinajstić information content (AvgIpc) is 3.55. The first-order chi connectivity index (χ1) is 20.9. The van der Waals surface area contributed by atoms with E-state index in [9.17, 15) is 14.7 Å². The highest BCUT2D eigenvalue weighted by Crippen LogP contribution is 2.42. The fourth-order valence-corrected chi connectivity index (χ4v) is 6.17. The molecule has 8 heteroatoms. The lowest BCUT2D eigenvalue weighted by atomic mass is 9.89. The van der Waals surface area contributed by atoms with E-state index in [0.717, 1.165) is 54.7 Å². The molecule has 1 heterocycles. The van der Waals surface area contributed by atoms with E-state index < -0.39 is 6.29 Å². The smallest absolute Gasteiger partial charge is 0.224 e. The Morgan fingerprint density at radius 2 is 1.70 bits per heavy atom. The van der Waals surface area contributed by atoms with Crippen molar-refractivity contribution in [1.29, 1.82) is 0 Å². The predicted octanol–water partition coefficient (Wildman–Crippen LogP) is 6.04. The number of anilines is 1. The normalized spacial score (nSPS) is 22.4. The molecule has 1 aliphatic carbocycles. The van der Waals surface area contributed by atoms with Crippen molar-refractivity contribution >= 4 is 17.5 Å². The standard InChI is InChI=1S/C35H49N3O5/c1-4-22-38(31-10-7-8-11-31)23-32-25(2)34(28-15-13-27(24-39)14-16-28)43-35(42-32)29-17-19-30(20-18-29)37-33(41)12-6-5-9-21-36-26(3)40/h4,13-20,25,31-32,34-35,39H,1,5-12,21-24H2,2-3H3,(H,36,40)(H,37,41)/t25-,32+,34+,35+/m1/s1. The Balaban J connectivity index is 1.42. The number of aliphatic hydroxyl groups is 1. The second-order valence-electron chi connectivity index (χ2n) is 12.0. The topological polar surface area (TPSA) is 100 Å². The lowest BCUT2D eigenvalue weighted by Gasteiger charge is -2.43. The summed E-state index contributed by atoms with van der Waals surface area (Å²) in [5, 5.41) is 15.3. The predicted molar refractivity (Wildman–Crippen MR) is 169 cm³/mol. The van der Waals surface area contributed by atoms with Crippen molar-refractivity contribution in [1.82, 2.24) is 10.2 Å². The van der Waals surface area contributed by atoms with Crippen LogP contribution in [0.2, 0.25) is 0 Å². The van der Waals surface area contributed by atoms with Gasteiger partial charge in [0.2, 0.25) is 11.8 Å². The van der Waals surface area contributed by atoms with Gasteiger partial charge >= 0.3 is 0 Å². The molecule has 4 atom stereocenters. The highest BCUT2D eigenvalue weighted by Gasteiger charge is 2.40. The first-order valence-corrected chi connectivity index (χ1v) is 15.9. The number of amides is 2. The van der Waals surface area contributed by atoms with Crippen LogP contribution in [0.15, 0.2) is 61.2 Å². The molecule has 1 saturated heterocycles. The summed E-state index contributed by atoms with van der Waals surface area (Å²) < 4.78 is 13.3. The molecule has 234 valence electrons. The minimum absolute atomic E-state index is 0.00904. The van der Waals surface area contributed by atoms with Crippen molar-refractivity contribution in [2.75, 3.05) is 25.0 Å². The highest BCUT2D eigenvalue weighted by atomic mass is 16.7. The van der Waals surface area contributed by atoms with Crippen LogP contribution in [0.3, 0.4) is 0 Å². The number of hydrogen-bond donors (Lipinski definition) is 3. The molecular formula is C35H49N3O5. The largest absolute Gasteiger partial charge is 0.392 e. The number of carbonyl (C=O) groups is 2. The van der Waals surface area contributed by atoms with Crippen LogP contribution in [0.1, 0.15) is 94.3 Å². The molecule has 0 bridgehead atoms. The summed E-state index contributed by atoms with van der Waals surface area (Å²) in [5.41, 5.74) is 3.58. The Hall–Kier alpha value is -3.04. The third-order valence-corrected chi connectivity index (χ3v) is 8.66. The summed E-state index contributed by atoms with van der Waals surface area (Å²) in [6.45, 7) is 10.0. The minimum Gasteiger partial charge on any atom is -0.392 e. The Labute approximate surface area is 256 Å². The van der Waals surface area contributed by atoms with Crippen LogP contribution in [-0.4, -0.2) is 53.6 Å². The van der Waals surface area contributed by atoms with Gasteiger partial charge < -0.3 is 25.2 Å². The molecule has 0 aromatic heterocycles. The van der Waals surface area contributed by atoms with Gasteiger partial charge in [-0.25, -0.2) is 0 Å². The Morgan fingerprint density at radius 3 is 2.35 bits per heavy atom. The molecule has 0 radical (unpaired) electrons. The summed E-state index contributed by atoms with van der Waals surface area (Å²) in [6.07, 6.45) is 9.15. The van der Waals surface area contributed by atoms with Crippen molar-refractivity contribution in [2.45, 2.75) is 96.4 Å². The zero-order chi connectivity index (χ0) is 30.6. The van der Waals surface area contributed by atoms with Crippen LogP contribution in [0.25, 0.3) is 0 Å². The second-order valence-corrected chi connectivity index (χ2v) is 12.0. The Bertz CT molecular complexity index is 1160. The van der Waals surface area contributed by atoms with Gasteiger partial charge in [0, 0.05) is 56.2 Å². The third kappa shape index (κ3) is 9.73.